The van der Waals surface area contributed by atoms with E-state index >= 15 is 0 Å². The van der Waals surface area contributed by atoms with Crippen LogP contribution in [0.15, 0.2) is 0 Å². The second kappa shape index (κ2) is 3.60. The molecule has 0 fully saturated rings. The van der Waals surface area contributed by atoms with Gasteiger partial charge in [-0.05, 0) is 13.8 Å². The summed E-state index contributed by atoms with van der Waals surface area (Å²) in [5, 5.41) is 8.68. The molecular formula is C5H11ClF3NO. The van der Waals surface area contributed by atoms with Gasteiger partial charge in [0.2, 0.25) is 0 Å². The normalized spacial score (nSPS) is 19.9. The van der Waals surface area contributed by atoms with Crippen molar-refractivity contribution in [3.8, 4) is 0 Å². The minimum absolute atomic E-state index is 0. The fourth-order valence-corrected chi connectivity index (χ4v) is 0.258. The van der Waals surface area contributed by atoms with Crippen LogP contribution in [0.3, 0.4) is 0 Å². The van der Waals surface area contributed by atoms with E-state index in [4.69, 9.17) is 10.8 Å². The fourth-order valence-electron chi connectivity index (χ4n) is 0.258. The Balaban J connectivity index is 0. The number of halogens is 4. The second-order valence-corrected chi connectivity index (χ2v) is 2.43. The van der Waals surface area contributed by atoms with Crippen LogP contribution in [0.5, 0.6) is 0 Å². The third kappa shape index (κ3) is 2.84. The molecule has 0 aliphatic heterocycles. The first-order chi connectivity index (χ1) is 4.19. The summed E-state index contributed by atoms with van der Waals surface area (Å²) in [6, 6.07) is -1.31. The average Bonchev–Trinajstić information content (AvgIpc) is 1.62. The van der Waals surface area contributed by atoms with Gasteiger partial charge in [-0.2, -0.15) is 13.2 Å². The van der Waals surface area contributed by atoms with Crippen molar-refractivity contribution in [2.75, 3.05) is 0 Å². The van der Waals surface area contributed by atoms with Crippen LogP contribution < -0.4 is 5.73 Å². The maximum absolute atomic E-state index is 11.8. The molecule has 0 aromatic heterocycles. The number of hydrogen-bond donors (Lipinski definition) is 2. The van der Waals surface area contributed by atoms with Crippen molar-refractivity contribution in [2.24, 2.45) is 5.73 Å². The van der Waals surface area contributed by atoms with E-state index in [2.05, 4.69) is 0 Å². The van der Waals surface area contributed by atoms with E-state index in [0.717, 1.165) is 6.92 Å². The number of rotatable bonds is 1. The molecule has 3 N–H and O–H groups in total. The van der Waals surface area contributed by atoms with Crippen LogP contribution in [-0.2, 0) is 0 Å². The molecule has 0 aliphatic rings. The highest BCUT2D eigenvalue weighted by Gasteiger charge is 2.52. The SMILES string of the molecule is C[C@H](N)[C@](C)(O)C(F)(F)F.Cl. The first-order valence-corrected chi connectivity index (χ1v) is 2.74. The van der Waals surface area contributed by atoms with Gasteiger partial charge in [-0.1, -0.05) is 0 Å². The molecule has 2 nitrogen and oxygen atoms in total. The Morgan fingerprint density at radius 1 is 1.36 bits per heavy atom. The van der Waals surface area contributed by atoms with Crippen LogP contribution in [-0.4, -0.2) is 22.9 Å². The molecule has 0 rings (SSSR count). The minimum Gasteiger partial charge on any atom is -0.379 e. The summed E-state index contributed by atoms with van der Waals surface area (Å²) in [4.78, 5) is 0. The zero-order valence-electron chi connectivity index (χ0n) is 6.14. The number of aliphatic hydroxyl groups is 1. The molecule has 0 unspecified atom stereocenters. The molecular weight excluding hydrogens is 183 g/mol. The summed E-state index contributed by atoms with van der Waals surface area (Å²) < 4.78 is 35.3. The quantitative estimate of drug-likeness (QED) is 0.655. The van der Waals surface area contributed by atoms with Crippen LogP contribution in [0.1, 0.15) is 13.8 Å². The number of alkyl halides is 3. The minimum atomic E-state index is -4.65. The van der Waals surface area contributed by atoms with Crippen molar-refractivity contribution >= 4 is 12.4 Å². The topological polar surface area (TPSA) is 46.2 Å². The molecule has 0 heterocycles. The molecule has 0 aromatic carbocycles. The Labute approximate surface area is 69.0 Å². The molecule has 0 saturated carbocycles. The lowest BCUT2D eigenvalue weighted by molar-refractivity contribution is -0.258. The first-order valence-electron chi connectivity index (χ1n) is 2.74. The van der Waals surface area contributed by atoms with E-state index in [-0.39, 0.29) is 12.4 Å². The van der Waals surface area contributed by atoms with Crippen LogP contribution in [0.2, 0.25) is 0 Å². The summed E-state index contributed by atoms with van der Waals surface area (Å²) in [6.45, 7) is 1.76. The lowest BCUT2D eigenvalue weighted by Gasteiger charge is -2.29. The Morgan fingerprint density at radius 2 is 1.64 bits per heavy atom. The maximum Gasteiger partial charge on any atom is 0.418 e. The van der Waals surface area contributed by atoms with Gasteiger partial charge < -0.3 is 10.8 Å². The Hall–Kier alpha value is -0.0000000000000000555. The standard InChI is InChI=1S/C5H10F3NO.ClH/c1-3(9)4(2,10)5(6,7)8;/h3,10H,9H2,1-2H3;1H/t3-,4-;/m0./s1. The summed E-state index contributed by atoms with van der Waals surface area (Å²) in [5.74, 6) is 0. The van der Waals surface area contributed by atoms with Crippen molar-refractivity contribution in [3.63, 3.8) is 0 Å². The van der Waals surface area contributed by atoms with Gasteiger partial charge >= 0.3 is 6.18 Å². The molecule has 2 atom stereocenters. The van der Waals surface area contributed by atoms with Crippen molar-refractivity contribution in [2.45, 2.75) is 31.7 Å². The average molecular weight is 194 g/mol. The number of nitrogens with two attached hydrogens (primary N) is 1. The molecule has 0 amide bonds. The monoisotopic (exact) mass is 193 g/mol. The summed E-state index contributed by atoms with van der Waals surface area (Å²) >= 11 is 0. The molecule has 0 aliphatic carbocycles. The van der Waals surface area contributed by atoms with E-state index < -0.39 is 17.8 Å². The van der Waals surface area contributed by atoms with Gasteiger partial charge in [-0.25, -0.2) is 0 Å². The zero-order valence-corrected chi connectivity index (χ0v) is 6.96. The van der Waals surface area contributed by atoms with Gasteiger partial charge in [-0.3, -0.25) is 0 Å². The predicted molar refractivity (Wildman–Crippen MR) is 37.6 cm³/mol. The maximum atomic E-state index is 11.8. The van der Waals surface area contributed by atoms with Crippen molar-refractivity contribution in [1.82, 2.24) is 0 Å². The van der Waals surface area contributed by atoms with Gasteiger partial charge in [0.25, 0.3) is 0 Å². The summed E-state index contributed by atoms with van der Waals surface area (Å²) in [7, 11) is 0. The van der Waals surface area contributed by atoms with Gasteiger partial charge in [0, 0.05) is 6.04 Å². The van der Waals surface area contributed by atoms with Gasteiger partial charge in [0.1, 0.15) is 0 Å². The molecule has 11 heavy (non-hydrogen) atoms. The largest absolute Gasteiger partial charge is 0.418 e. The molecule has 0 spiro atoms. The predicted octanol–water partition coefficient (Wildman–Crippen LogP) is 1.07. The van der Waals surface area contributed by atoms with Crippen LogP contribution in [0.25, 0.3) is 0 Å². The highest BCUT2D eigenvalue weighted by atomic mass is 35.5. The highest BCUT2D eigenvalue weighted by molar-refractivity contribution is 5.85. The summed E-state index contributed by atoms with van der Waals surface area (Å²) in [5.41, 5.74) is 2.10. The lowest BCUT2D eigenvalue weighted by Crippen LogP contribution is -2.54. The Bertz CT molecular complexity index is 123. The Morgan fingerprint density at radius 3 is 1.64 bits per heavy atom. The van der Waals surface area contributed by atoms with E-state index in [1.807, 2.05) is 0 Å². The van der Waals surface area contributed by atoms with Crippen LogP contribution in [0, 0.1) is 0 Å². The smallest absolute Gasteiger partial charge is 0.379 e. The van der Waals surface area contributed by atoms with E-state index in [1.165, 1.54) is 0 Å². The van der Waals surface area contributed by atoms with Crippen molar-refractivity contribution < 1.29 is 18.3 Å². The Kier molecular flexibility index (Phi) is 4.44. The van der Waals surface area contributed by atoms with E-state index in [0.29, 0.717) is 6.92 Å². The molecule has 0 radical (unpaired) electrons. The van der Waals surface area contributed by atoms with Gasteiger partial charge in [-0.15, -0.1) is 12.4 Å². The fraction of sp³-hybridized carbons (Fsp3) is 1.00. The van der Waals surface area contributed by atoms with E-state index in [9.17, 15) is 13.2 Å². The van der Waals surface area contributed by atoms with Gasteiger partial charge in [0.15, 0.2) is 5.60 Å². The van der Waals surface area contributed by atoms with Gasteiger partial charge in [0.05, 0.1) is 0 Å². The number of hydrogen-bond acceptors (Lipinski definition) is 2. The molecule has 6 heteroatoms. The molecule has 0 aromatic rings. The third-order valence-electron chi connectivity index (χ3n) is 1.46. The second-order valence-electron chi connectivity index (χ2n) is 2.43. The van der Waals surface area contributed by atoms with Crippen molar-refractivity contribution in [3.05, 3.63) is 0 Å². The zero-order chi connectivity index (χ0) is 8.58. The van der Waals surface area contributed by atoms with E-state index in [1.54, 1.807) is 0 Å². The lowest BCUT2D eigenvalue weighted by atomic mass is 9.98. The molecule has 0 saturated heterocycles. The van der Waals surface area contributed by atoms with Crippen LogP contribution in [0.4, 0.5) is 13.2 Å². The van der Waals surface area contributed by atoms with Crippen LogP contribution >= 0.6 is 12.4 Å². The third-order valence-corrected chi connectivity index (χ3v) is 1.46. The molecule has 0 bridgehead atoms. The first kappa shape index (κ1) is 13.6. The van der Waals surface area contributed by atoms with Crippen molar-refractivity contribution in [1.29, 1.82) is 0 Å². The molecule has 70 valence electrons. The highest BCUT2D eigenvalue weighted by Crippen LogP contribution is 2.31. The summed E-state index contributed by atoms with van der Waals surface area (Å²) in [6.07, 6.45) is -4.65.